The Morgan fingerprint density at radius 1 is 1.33 bits per heavy atom. The van der Waals surface area contributed by atoms with Crippen molar-refractivity contribution >= 4 is 21.4 Å². The highest BCUT2D eigenvalue weighted by atomic mass is 32.2. The number of nitrogens with zero attached hydrogens (tertiary/aromatic N) is 1. The van der Waals surface area contributed by atoms with Crippen molar-refractivity contribution in [2.75, 3.05) is 30.0 Å². The summed E-state index contributed by atoms with van der Waals surface area (Å²) in [5, 5.41) is 2.79. The lowest BCUT2D eigenvalue weighted by atomic mass is 10.1. The molecule has 0 spiro atoms. The summed E-state index contributed by atoms with van der Waals surface area (Å²) in [5.74, 6) is 0.0104. The molecule has 5 nitrogen and oxygen atoms in total. The van der Waals surface area contributed by atoms with Gasteiger partial charge in [-0.3, -0.25) is 4.79 Å². The van der Waals surface area contributed by atoms with Crippen molar-refractivity contribution in [1.82, 2.24) is 5.32 Å². The summed E-state index contributed by atoms with van der Waals surface area (Å²) in [6.07, 6.45) is 1.57. The Labute approximate surface area is 126 Å². The third-order valence-corrected chi connectivity index (χ3v) is 5.46. The lowest BCUT2D eigenvalue weighted by molar-refractivity contribution is 0.0941. The second kappa shape index (κ2) is 6.47. The fourth-order valence-electron chi connectivity index (χ4n) is 2.51. The van der Waals surface area contributed by atoms with Crippen molar-refractivity contribution in [3.8, 4) is 0 Å². The predicted octanol–water partition coefficient (Wildman–Crippen LogP) is 1.45. The topological polar surface area (TPSA) is 66.5 Å². The van der Waals surface area contributed by atoms with Crippen molar-refractivity contribution in [3.63, 3.8) is 0 Å². The Hall–Kier alpha value is -1.56. The molecule has 1 saturated heterocycles. The number of anilines is 1. The molecule has 6 heteroatoms. The van der Waals surface area contributed by atoms with Crippen LogP contribution in [0.25, 0.3) is 0 Å². The number of hydrogen-bond donors (Lipinski definition) is 1. The van der Waals surface area contributed by atoms with E-state index in [-0.39, 0.29) is 23.5 Å². The van der Waals surface area contributed by atoms with E-state index in [0.29, 0.717) is 12.0 Å². The first-order chi connectivity index (χ1) is 9.91. The Morgan fingerprint density at radius 3 is 2.52 bits per heavy atom. The molecule has 1 heterocycles. The van der Waals surface area contributed by atoms with Crippen LogP contribution in [0.1, 0.15) is 30.1 Å². The van der Waals surface area contributed by atoms with Crippen molar-refractivity contribution in [1.29, 1.82) is 0 Å². The number of carbonyl (C=O) groups is 1. The first-order valence-corrected chi connectivity index (χ1v) is 9.06. The van der Waals surface area contributed by atoms with Gasteiger partial charge in [-0.15, -0.1) is 0 Å². The molecule has 1 atom stereocenters. The molecule has 0 aromatic heterocycles. The summed E-state index contributed by atoms with van der Waals surface area (Å²) in [6.45, 7) is 3.08. The minimum atomic E-state index is -2.97. The van der Waals surface area contributed by atoms with Gasteiger partial charge in [0.1, 0.15) is 0 Å². The minimum absolute atomic E-state index is 0.0516. The summed E-state index contributed by atoms with van der Waals surface area (Å²) in [4.78, 5) is 14.2. The van der Waals surface area contributed by atoms with Crippen molar-refractivity contribution in [2.45, 2.75) is 25.8 Å². The van der Waals surface area contributed by atoms with E-state index in [4.69, 9.17) is 0 Å². The lowest BCUT2D eigenvalue weighted by Crippen LogP contribution is -2.35. The average molecular weight is 310 g/mol. The van der Waals surface area contributed by atoms with Crippen molar-refractivity contribution < 1.29 is 13.2 Å². The summed E-state index contributed by atoms with van der Waals surface area (Å²) in [6, 6.07) is 7.12. The summed E-state index contributed by atoms with van der Waals surface area (Å²) in [7, 11) is -0.953. The summed E-state index contributed by atoms with van der Waals surface area (Å²) >= 11 is 0. The Kier molecular flexibility index (Phi) is 4.88. The number of benzene rings is 1. The van der Waals surface area contributed by atoms with E-state index < -0.39 is 9.84 Å². The van der Waals surface area contributed by atoms with E-state index in [2.05, 4.69) is 17.1 Å². The molecule has 1 unspecified atom stereocenters. The van der Waals surface area contributed by atoms with Crippen molar-refractivity contribution in [3.05, 3.63) is 29.8 Å². The molecule has 1 N–H and O–H groups in total. The van der Waals surface area contributed by atoms with Crippen molar-refractivity contribution in [2.24, 2.45) is 0 Å². The van der Waals surface area contributed by atoms with Crippen LogP contribution in [0.15, 0.2) is 24.3 Å². The second-order valence-electron chi connectivity index (χ2n) is 5.54. The molecule has 1 aliphatic heterocycles. The van der Waals surface area contributed by atoms with Gasteiger partial charge in [0.15, 0.2) is 9.84 Å². The number of nitrogens with one attached hydrogen (secondary N) is 1. The molecule has 0 radical (unpaired) electrons. The van der Waals surface area contributed by atoms with Gasteiger partial charge in [-0.25, -0.2) is 8.42 Å². The molecule has 1 aliphatic rings. The van der Waals surface area contributed by atoms with Crippen LogP contribution in [0, 0.1) is 0 Å². The van der Waals surface area contributed by atoms with Crippen LogP contribution in [0.4, 0.5) is 5.69 Å². The molecule has 0 bridgehead atoms. The third-order valence-electron chi connectivity index (χ3n) is 3.70. The zero-order chi connectivity index (χ0) is 15.5. The SMILES string of the molecule is CCCN(C)c1ccc(C(=O)NC2CCS(=O)(=O)C2)cc1. The smallest absolute Gasteiger partial charge is 0.251 e. The Bertz CT molecular complexity index is 596. The van der Waals surface area contributed by atoms with Crippen LogP contribution in [0.5, 0.6) is 0 Å². The molecule has 1 aromatic rings. The summed E-state index contributed by atoms with van der Waals surface area (Å²) < 4.78 is 22.8. The molecular formula is C15H22N2O3S. The van der Waals surface area contributed by atoms with Crippen LogP contribution in [-0.4, -0.2) is 45.5 Å². The van der Waals surface area contributed by atoms with Crippen LogP contribution in [0.3, 0.4) is 0 Å². The van der Waals surface area contributed by atoms with Gasteiger partial charge in [-0.05, 0) is 37.1 Å². The molecule has 0 aliphatic carbocycles. The van der Waals surface area contributed by atoms with E-state index in [1.54, 1.807) is 12.1 Å². The highest BCUT2D eigenvalue weighted by molar-refractivity contribution is 7.91. The fraction of sp³-hybridized carbons (Fsp3) is 0.533. The van der Waals surface area contributed by atoms with Crippen LogP contribution in [0.2, 0.25) is 0 Å². The van der Waals surface area contributed by atoms with Crippen LogP contribution in [-0.2, 0) is 9.84 Å². The van der Waals surface area contributed by atoms with Crippen LogP contribution >= 0.6 is 0 Å². The van der Waals surface area contributed by atoms with Gasteiger partial charge in [-0.1, -0.05) is 6.92 Å². The molecule has 116 valence electrons. The molecule has 2 rings (SSSR count). The fourth-order valence-corrected chi connectivity index (χ4v) is 4.18. The molecule has 1 amide bonds. The molecule has 1 fully saturated rings. The maximum Gasteiger partial charge on any atom is 0.251 e. The zero-order valence-electron chi connectivity index (χ0n) is 12.5. The van der Waals surface area contributed by atoms with Gasteiger partial charge in [-0.2, -0.15) is 0 Å². The number of carbonyl (C=O) groups excluding carboxylic acids is 1. The zero-order valence-corrected chi connectivity index (χ0v) is 13.3. The highest BCUT2D eigenvalue weighted by Gasteiger charge is 2.29. The Balaban J connectivity index is 1.97. The normalized spacial score (nSPS) is 20.2. The highest BCUT2D eigenvalue weighted by Crippen LogP contribution is 2.15. The largest absolute Gasteiger partial charge is 0.375 e. The van der Waals surface area contributed by atoms with E-state index in [0.717, 1.165) is 18.7 Å². The van der Waals surface area contributed by atoms with Gasteiger partial charge in [0.2, 0.25) is 0 Å². The van der Waals surface area contributed by atoms with E-state index in [1.165, 1.54) is 0 Å². The van der Waals surface area contributed by atoms with Gasteiger partial charge in [0.25, 0.3) is 5.91 Å². The maximum atomic E-state index is 12.1. The monoisotopic (exact) mass is 310 g/mol. The number of rotatable bonds is 5. The summed E-state index contributed by atoms with van der Waals surface area (Å²) in [5.41, 5.74) is 1.63. The van der Waals surface area contributed by atoms with E-state index >= 15 is 0 Å². The predicted molar refractivity (Wildman–Crippen MR) is 84.5 cm³/mol. The first-order valence-electron chi connectivity index (χ1n) is 7.24. The third kappa shape index (κ3) is 4.20. The maximum absolute atomic E-state index is 12.1. The van der Waals surface area contributed by atoms with Gasteiger partial charge >= 0.3 is 0 Å². The van der Waals surface area contributed by atoms with E-state index in [9.17, 15) is 13.2 Å². The number of amides is 1. The molecule has 1 aromatic carbocycles. The standard InChI is InChI=1S/C15H22N2O3S/c1-3-9-17(2)14-6-4-12(5-7-14)15(18)16-13-8-10-21(19,20)11-13/h4-7,13H,3,8-11H2,1-2H3,(H,16,18). The second-order valence-corrected chi connectivity index (χ2v) is 7.77. The van der Waals surface area contributed by atoms with Gasteiger partial charge < -0.3 is 10.2 Å². The number of hydrogen-bond acceptors (Lipinski definition) is 4. The Morgan fingerprint density at radius 2 is 2.00 bits per heavy atom. The molecular weight excluding hydrogens is 288 g/mol. The number of sulfone groups is 1. The lowest BCUT2D eigenvalue weighted by Gasteiger charge is -2.18. The molecule has 21 heavy (non-hydrogen) atoms. The average Bonchev–Trinajstić information content (AvgIpc) is 2.78. The van der Waals surface area contributed by atoms with Gasteiger partial charge in [0.05, 0.1) is 11.5 Å². The van der Waals surface area contributed by atoms with Crippen LogP contribution < -0.4 is 10.2 Å². The van der Waals surface area contributed by atoms with E-state index in [1.807, 2.05) is 19.2 Å². The minimum Gasteiger partial charge on any atom is -0.375 e. The quantitative estimate of drug-likeness (QED) is 0.894. The van der Waals surface area contributed by atoms with Gasteiger partial charge in [0, 0.05) is 30.9 Å². The molecule has 0 saturated carbocycles. The first kappa shape index (κ1) is 15.8.